The summed E-state index contributed by atoms with van der Waals surface area (Å²) in [6.07, 6.45) is 1.90. The molecule has 1 fully saturated rings. The number of carbonyl (C=O) groups is 1. The van der Waals surface area contributed by atoms with Crippen molar-refractivity contribution in [1.29, 1.82) is 0 Å². The Morgan fingerprint density at radius 2 is 2.00 bits per heavy atom. The van der Waals surface area contributed by atoms with Crippen LogP contribution in [0.3, 0.4) is 0 Å². The van der Waals surface area contributed by atoms with Crippen LogP contribution in [-0.2, 0) is 0 Å². The largest absolute Gasteiger partial charge is 0.381 e. The minimum absolute atomic E-state index is 0.0527. The zero-order valence-corrected chi connectivity index (χ0v) is 13.7. The van der Waals surface area contributed by atoms with Gasteiger partial charge in [-0.15, -0.1) is 0 Å². The molecule has 1 aliphatic heterocycles. The van der Waals surface area contributed by atoms with Gasteiger partial charge in [-0.3, -0.25) is 9.89 Å². The summed E-state index contributed by atoms with van der Waals surface area (Å²) < 4.78 is 13.0. The third kappa shape index (κ3) is 3.20. The topological polar surface area (TPSA) is 61.0 Å². The lowest BCUT2D eigenvalue weighted by Gasteiger charge is -2.33. The Kier molecular flexibility index (Phi) is 4.09. The number of anilines is 1. The summed E-state index contributed by atoms with van der Waals surface area (Å²) in [7, 11) is 0. The van der Waals surface area contributed by atoms with E-state index in [0.29, 0.717) is 12.2 Å². The van der Waals surface area contributed by atoms with Gasteiger partial charge in [0.15, 0.2) is 5.69 Å². The Morgan fingerprint density at radius 1 is 1.20 bits per heavy atom. The summed E-state index contributed by atoms with van der Waals surface area (Å²) in [5.41, 5.74) is 2.20. The molecule has 1 amide bonds. The van der Waals surface area contributed by atoms with Crippen molar-refractivity contribution in [2.45, 2.75) is 18.9 Å². The smallest absolute Gasteiger partial charge is 0.275 e. The van der Waals surface area contributed by atoms with Gasteiger partial charge in [0.25, 0.3) is 5.91 Å². The zero-order chi connectivity index (χ0) is 17.2. The maximum Gasteiger partial charge on any atom is 0.275 e. The Morgan fingerprint density at radius 3 is 2.84 bits per heavy atom. The first-order chi connectivity index (χ1) is 12.2. The van der Waals surface area contributed by atoms with Crippen LogP contribution >= 0.6 is 0 Å². The lowest BCUT2D eigenvalue weighted by molar-refractivity contribution is 0.0711. The highest BCUT2D eigenvalue weighted by Gasteiger charge is 2.26. The quantitative estimate of drug-likeness (QED) is 0.769. The van der Waals surface area contributed by atoms with Gasteiger partial charge in [-0.1, -0.05) is 18.2 Å². The van der Waals surface area contributed by atoms with E-state index in [-0.39, 0.29) is 17.8 Å². The number of halogens is 1. The van der Waals surface area contributed by atoms with Crippen molar-refractivity contribution in [3.63, 3.8) is 0 Å². The highest BCUT2D eigenvalue weighted by Crippen LogP contribution is 2.21. The van der Waals surface area contributed by atoms with Crippen LogP contribution in [0, 0.1) is 5.82 Å². The average molecular weight is 338 g/mol. The number of hydrogen-bond donors (Lipinski definition) is 2. The van der Waals surface area contributed by atoms with Crippen LogP contribution < -0.4 is 5.32 Å². The van der Waals surface area contributed by atoms with Crippen LogP contribution in [0.2, 0.25) is 0 Å². The molecule has 0 bridgehead atoms. The van der Waals surface area contributed by atoms with E-state index in [1.54, 1.807) is 12.1 Å². The van der Waals surface area contributed by atoms with E-state index < -0.39 is 0 Å². The fraction of sp³-hybridized carbons (Fsp3) is 0.263. The second-order valence-corrected chi connectivity index (χ2v) is 6.36. The highest BCUT2D eigenvalue weighted by atomic mass is 19.1. The van der Waals surface area contributed by atoms with Gasteiger partial charge in [0, 0.05) is 30.2 Å². The van der Waals surface area contributed by atoms with Gasteiger partial charge in [0.05, 0.1) is 5.52 Å². The maximum absolute atomic E-state index is 13.0. The van der Waals surface area contributed by atoms with Crippen LogP contribution in [0.4, 0.5) is 10.1 Å². The number of benzene rings is 2. The summed E-state index contributed by atoms with van der Waals surface area (Å²) in [5.74, 6) is -0.306. The molecule has 2 aromatic carbocycles. The molecule has 1 aromatic heterocycles. The van der Waals surface area contributed by atoms with Gasteiger partial charge in [-0.25, -0.2) is 4.39 Å². The van der Waals surface area contributed by atoms with Crippen molar-refractivity contribution < 1.29 is 9.18 Å². The molecule has 5 nitrogen and oxygen atoms in total. The number of amides is 1. The van der Waals surface area contributed by atoms with Crippen LogP contribution in [0.5, 0.6) is 0 Å². The number of aromatic nitrogens is 2. The molecule has 6 heteroatoms. The number of H-pyrrole nitrogens is 1. The second kappa shape index (κ2) is 6.55. The molecule has 128 valence electrons. The number of piperidine rings is 1. The molecule has 4 rings (SSSR count). The molecule has 25 heavy (non-hydrogen) atoms. The van der Waals surface area contributed by atoms with E-state index in [1.165, 1.54) is 12.1 Å². The number of likely N-dealkylation sites (tertiary alicyclic amines) is 1. The molecule has 3 aromatic rings. The standard InChI is InChI=1S/C19H19FN4O/c20-13-7-9-14(10-8-13)21-15-4-3-11-24(12-15)19(25)18-16-5-1-2-6-17(16)22-23-18/h1-2,5-10,15,21H,3-4,11-12H2,(H,22,23). The summed E-state index contributed by atoms with van der Waals surface area (Å²) in [6, 6.07) is 14.1. The number of aromatic amines is 1. The fourth-order valence-corrected chi connectivity index (χ4v) is 3.34. The van der Waals surface area contributed by atoms with Gasteiger partial charge in [0.1, 0.15) is 5.82 Å². The van der Waals surface area contributed by atoms with Crippen molar-refractivity contribution in [3.8, 4) is 0 Å². The van der Waals surface area contributed by atoms with Crippen molar-refractivity contribution in [2.24, 2.45) is 0 Å². The number of carbonyl (C=O) groups excluding carboxylic acids is 1. The molecule has 0 radical (unpaired) electrons. The first kappa shape index (κ1) is 15.6. The molecule has 2 N–H and O–H groups in total. The molecule has 1 saturated heterocycles. The minimum atomic E-state index is -0.253. The van der Waals surface area contributed by atoms with Gasteiger partial charge in [-0.05, 0) is 43.2 Å². The monoisotopic (exact) mass is 338 g/mol. The number of nitrogens with zero attached hydrogens (tertiary/aromatic N) is 2. The lowest BCUT2D eigenvalue weighted by atomic mass is 10.0. The second-order valence-electron chi connectivity index (χ2n) is 6.36. The number of hydrogen-bond acceptors (Lipinski definition) is 3. The van der Waals surface area contributed by atoms with Crippen LogP contribution in [0.1, 0.15) is 23.3 Å². The number of nitrogens with one attached hydrogen (secondary N) is 2. The molecule has 0 saturated carbocycles. The Labute approximate surface area is 144 Å². The minimum Gasteiger partial charge on any atom is -0.381 e. The van der Waals surface area contributed by atoms with Crippen molar-refractivity contribution in [1.82, 2.24) is 15.1 Å². The van der Waals surface area contributed by atoms with Crippen molar-refractivity contribution in [2.75, 3.05) is 18.4 Å². The van der Waals surface area contributed by atoms with E-state index >= 15 is 0 Å². The third-order valence-electron chi connectivity index (χ3n) is 4.60. The predicted octanol–water partition coefficient (Wildman–Crippen LogP) is 3.42. The van der Waals surface area contributed by atoms with E-state index in [9.17, 15) is 9.18 Å². The SMILES string of the molecule is O=C(c1n[nH]c2ccccc12)N1CCCC(Nc2ccc(F)cc2)C1. The lowest BCUT2D eigenvalue weighted by Crippen LogP contribution is -2.45. The summed E-state index contributed by atoms with van der Waals surface area (Å²) in [5, 5.41) is 11.4. The summed E-state index contributed by atoms with van der Waals surface area (Å²) in [4.78, 5) is 14.7. The number of rotatable bonds is 3. The Balaban J connectivity index is 1.49. The number of fused-ring (bicyclic) bond motifs is 1. The predicted molar refractivity (Wildman–Crippen MR) is 95.0 cm³/mol. The van der Waals surface area contributed by atoms with Gasteiger partial charge >= 0.3 is 0 Å². The molecular formula is C19H19FN4O. The van der Waals surface area contributed by atoms with E-state index in [0.717, 1.165) is 36.0 Å². The van der Waals surface area contributed by atoms with Gasteiger partial charge in [0.2, 0.25) is 0 Å². The van der Waals surface area contributed by atoms with Crippen molar-refractivity contribution >= 4 is 22.5 Å². The van der Waals surface area contributed by atoms with Gasteiger partial charge < -0.3 is 10.2 Å². The molecule has 1 atom stereocenters. The summed E-state index contributed by atoms with van der Waals surface area (Å²) in [6.45, 7) is 1.33. The van der Waals surface area contributed by atoms with Crippen LogP contribution in [-0.4, -0.2) is 40.1 Å². The maximum atomic E-state index is 13.0. The van der Waals surface area contributed by atoms with Gasteiger partial charge in [-0.2, -0.15) is 5.10 Å². The molecular weight excluding hydrogens is 319 g/mol. The van der Waals surface area contributed by atoms with Crippen LogP contribution in [0.25, 0.3) is 10.9 Å². The zero-order valence-electron chi connectivity index (χ0n) is 13.7. The third-order valence-corrected chi connectivity index (χ3v) is 4.60. The van der Waals surface area contributed by atoms with E-state index in [4.69, 9.17) is 0 Å². The normalized spacial score (nSPS) is 17.6. The molecule has 0 aliphatic carbocycles. The first-order valence-electron chi connectivity index (χ1n) is 8.45. The fourth-order valence-electron chi connectivity index (χ4n) is 3.34. The van der Waals surface area contributed by atoms with E-state index in [2.05, 4.69) is 15.5 Å². The molecule has 2 heterocycles. The first-order valence-corrected chi connectivity index (χ1v) is 8.45. The van der Waals surface area contributed by atoms with E-state index in [1.807, 2.05) is 29.2 Å². The number of para-hydroxylation sites is 1. The average Bonchev–Trinajstić information content (AvgIpc) is 3.07. The molecule has 0 spiro atoms. The highest BCUT2D eigenvalue weighted by molar-refractivity contribution is 6.04. The van der Waals surface area contributed by atoms with Crippen LogP contribution in [0.15, 0.2) is 48.5 Å². The molecule has 1 unspecified atom stereocenters. The Bertz CT molecular complexity index is 890. The van der Waals surface area contributed by atoms with Crippen molar-refractivity contribution in [3.05, 3.63) is 60.0 Å². The Hall–Kier alpha value is -2.89. The molecule has 1 aliphatic rings. The summed E-state index contributed by atoms with van der Waals surface area (Å²) >= 11 is 0.